The molecule has 0 saturated carbocycles. The van der Waals surface area contributed by atoms with E-state index < -0.39 is 15.1 Å². The highest BCUT2D eigenvalue weighted by atomic mass is 32.2. The molecule has 118 valence electrons. The molecule has 6 nitrogen and oxygen atoms in total. The number of hydrazine groups is 1. The molecule has 2 saturated heterocycles. The van der Waals surface area contributed by atoms with Crippen molar-refractivity contribution >= 4 is 9.84 Å². The number of nitrogens with two attached hydrogens (primary N) is 1. The van der Waals surface area contributed by atoms with Crippen molar-refractivity contribution in [2.24, 2.45) is 11.8 Å². The first-order valence-electron chi connectivity index (χ1n) is 7.25. The summed E-state index contributed by atoms with van der Waals surface area (Å²) in [4.78, 5) is 0. The average Bonchev–Trinajstić information content (AvgIpc) is 2.39. The molecule has 2 rings (SSSR count). The third-order valence-corrected chi connectivity index (χ3v) is 6.46. The van der Waals surface area contributed by atoms with E-state index in [0.717, 1.165) is 38.9 Å². The molecular formula is C13H26N2O4S. The minimum atomic E-state index is -3.11. The van der Waals surface area contributed by atoms with Crippen molar-refractivity contribution < 1.29 is 17.9 Å². The normalized spacial score (nSPS) is 30.1. The van der Waals surface area contributed by atoms with E-state index in [0.29, 0.717) is 6.61 Å². The van der Waals surface area contributed by atoms with E-state index in [9.17, 15) is 8.42 Å². The van der Waals surface area contributed by atoms with Crippen LogP contribution in [0, 0.1) is 5.92 Å². The molecule has 1 spiro atoms. The summed E-state index contributed by atoms with van der Waals surface area (Å²) in [5.41, 5.74) is 2.59. The van der Waals surface area contributed by atoms with E-state index in [2.05, 4.69) is 5.43 Å². The maximum Gasteiger partial charge on any atom is 0.151 e. The van der Waals surface area contributed by atoms with Crippen molar-refractivity contribution in [3.63, 3.8) is 0 Å². The zero-order valence-electron chi connectivity index (χ0n) is 12.3. The topological polar surface area (TPSA) is 90.7 Å². The number of rotatable bonds is 4. The van der Waals surface area contributed by atoms with Crippen molar-refractivity contribution in [3.05, 3.63) is 0 Å². The molecule has 3 unspecified atom stereocenters. The lowest BCUT2D eigenvalue weighted by molar-refractivity contribution is -0.150. The molecule has 0 radical (unpaired) electrons. The van der Waals surface area contributed by atoms with E-state index in [1.165, 1.54) is 6.26 Å². The van der Waals surface area contributed by atoms with Gasteiger partial charge in [0.2, 0.25) is 0 Å². The predicted molar refractivity (Wildman–Crippen MR) is 76.9 cm³/mol. The fraction of sp³-hybridized carbons (Fsp3) is 1.00. The van der Waals surface area contributed by atoms with Crippen LogP contribution in [0.5, 0.6) is 0 Å². The summed E-state index contributed by atoms with van der Waals surface area (Å²) in [6.45, 7) is 3.83. The zero-order chi connectivity index (χ0) is 14.8. The zero-order valence-corrected chi connectivity index (χ0v) is 13.1. The van der Waals surface area contributed by atoms with Crippen LogP contribution >= 0.6 is 0 Å². The number of ether oxygens (including phenoxy) is 2. The quantitative estimate of drug-likeness (QED) is 0.571. The number of hydrogen-bond donors (Lipinski definition) is 2. The van der Waals surface area contributed by atoms with E-state index in [4.69, 9.17) is 15.3 Å². The Morgan fingerprint density at radius 3 is 2.50 bits per heavy atom. The third-order valence-electron chi connectivity index (χ3n) is 4.82. The van der Waals surface area contributed by atoms with Gasteiger partial charge in [-0.05, 0) is 38.5 Å². The minimum absolute atomic E-state index is 0.145. The van der Waals surface area contributed by atoms with E-state index in [1.54, 1.807) is 6.92 Å². The molecule has 2 aliphatic rings. The molecule has 7 heteroatoms. The van der Waals surface area contributed by atoms with E-state index >= 15 is 0 Å². The molecule has 0 aliphatic carbocycles. The van der Waals surface area contributed by atoms with Crippen LogP contribution in [0.2, 0.25) is 0 Å². The summed E-state index contributed by atoms with van der Waals surface area (Å²) >= 11 is 0. The SMILES string of the molecule is CC(C(NN)C1CCOC2(CCOCC2)C1)S(C)(=O)=O. The first-order valence-corrected chi connectivity index (χ1v) is 9.20. The summed E-state index contributed by atoms with van der Waals surface area (Å²) in [6.07, 6.45) is 4.73. The minimum Gasteiger partial charge on any atom is -0.381 e. The maximum atomic E-state index is 11.8. The lowest BCUT2D eigenvalue weighted by atomic mass is 9.77. The van der Waals surface area contributed by atoms with Crippen molar-refractivity contribution in [1.29, 1.82) is 0 Å². The highest BCUT2D eigenvalue weighted by molar-refractivity contribution is 7.91. The van der Waals surface area contributed by atoms with Crippen LogP contribution in [0.3, 0.4) is 0 Å². The van der Waals surface area contributed by atoms with Crippen molar-refractivity contribution in [2.45, 2.75) is 49.5 Å². The van der Waals surface area contributed by atoms with Crippen LogP contribution in [0.25, 0.3) is 0 Å². The van der Waals surface area contributed by atoms with Gasteiger partial charge >= 0.3 is 0 Å². The third kappa shape index (κ3) is 3.51. The molecule has 2 aliphatic heterocycles. The Labute approximate surface area is 121 Å². The summed E-state index contributed by atoms with van der Waals surface area (Å²) < 4.78 is 35.0. The number of sulfone groups is 1. The Morgan fingerprint density at radius 1 is 1.30 bits per heavy atom. The van der Waals surface area contributed by atoms with Crippen molar-refractivity contribution in [1.82, 2.24) is 5.43 Å². The van der Waals surface area contributed by atoms with Gasteiger partial charge in [-0.3, -0.25) is 11.3 Å². The highest BCUT2D eigenvalue weighted by Gasteiger charge is 2.43. The second-order valence-corrected chi connectivity index (χ2v) is 8.53. The molecule has 3 N–H and O–H groups in total. The summed E-state index contributed by atoms with van der Waals surface area (Å²) in [5.74, 6) is 5.86. The number of hydrogen-bond acceptors (Lipinski definition) is 6. The molecule has 0 amide bonds. The first-order chi connectivity index (χ1) is 9.38. The van der Waals surface area contributed by atoms with Crippen molar-refractivity contribution in [2.75, 3.05) is 26.1 Å². The van der Waals surface area contributed by atoms with Crippen molar-refractivity contribution in [3.8, 4) is 0 Å². The second kappa shape index (κ2) is 6.27. The van der Waals surface area contributed by atoms with Crippen LogP contribution < -0.4 is 11.3 Å². The lowest BCUT2D eigenvalue weighted by Gasteiger charge is -2.46. The largest absolute Gasteiger partial charge is 0.381 e. The Balaban J connectivity index is 2.10. The molecule has 3 atom stereocenters. The monoisotopic (exact) mass is 306 g/mol. The standard InChI is InChI=1S/C13H26N2O4S/c1-10(20(2,16)17)12(15-14)11-3-6-19-13(9-11)4-7-18-8-5-13/h10-12,15H,3-9,14H2,1-2H3. The van der Waals surface area contributed by atoms with Gasteiger partial charge < -0.3 is 9.47 Å². The molecule has 2 fully saturated rings. The predicted octanol–water partition coefficient (Wildman–Crippen LogP) is 0.227. The van der Waals surface area contributed by atoms with Gasteiger partial charge in [0.1, 0.15) is 0 Å². The fourth-order valence-electron chi connectivity index (χ4n) is 3.39. The average molecular weight is 306 g/mol. The number of nitrogens with one attached hydrogen (secondary N) is 1. The molecule has 0 aromatic heterocycles. The van der Waals surface area contributed by atoms with Gasteiger partial charge in [-0.15, -0.1) is 0 Å². The molecule has 0 bridgehead atoms. The summed E-state index contributed by atoms with van der Waals surface area (Å²) in [5, 5.41) is -0.493. The van der Waals surface area contributed by atoms with Gasteiger partial charge in [-0.2, -0.15) is 0 Å². The van der Waals surface area contributed by atoms with Gasteiger partial charge in [0, 0.05) is 32.1 Å². The van der Waals surface area contributed by atoms with Crippen LogP contribution in [0.1, 0.15) is 32.6 Å². The van der Waals surface area contributed by atoms with Crippen LogP contribution in [0.15, 0.2) is 0 Å². The molecule has 2 heterocycles. The molecule has 0 aromatic rings. The molecule has 20 heavy (non-hydrogen) atoms. The Hall–Kier alpha value is -0.210. The second-order valence-electron chi connectivity index (χ2n) is 6.12. The Bertz CT molecular complexity index is 415. The van der Waals surface area contributed by atoms with Gasteiger partial charge in [0.05, 0.1) is 10.9 Å². The van der Waals surface area contributed by atoms with Gasteiger partial charge in [0.15, 0.2) is 9.84 Å². The molecule has 0 aromatic carbocycles. The summed E-state index contributed by atoms with van der Waals surface area (Å²) in [6, 6.07) is -0.228. The van der Waals surface area contributed by atoms with E-state index in [-0.39, 0.29) is 17.6 Å². The fourth-order valence-corrected chi connectivity index (χ4v) is 4.22. The smallest absolute Gasteiger partial charge is 0.151 e. The van der Waals surface area contributed by atoms with Crippen LogP contribution in [0.4, 0.5) is 0 Å². The van der Waals surface area contributed by atoms with Crippen LogP contribution in [-0.4, -0.2) is 51.4 Å². The lowest BCUT2D eigenvalue weighted by Crippen LogP contribution is -2.55. The van der Waals surface area contributed by atoms with E-state index in [1.807, 2.05) is 0 Å². The Morgan fingerprint density at radius 2 is 1.95 bits per heavy atom. The highest BCUT2D eigenvalue weighted by Crippen LogP contribution is 2.39. The maximum absolute atomic E-state index is 11.8. The van der Waals surface area contributed by atoms with Gasteiger partial charge in [-0.25, -0.2) is 8.42 Å². The molecular weight excluding hydrogens is 280 g/mol. The van der Waals surface area contributed by atoms with Gasteiger partial charge in [-0.1, -0.05) is 0 Å². The first kappa shape index (κ1) is 16.2. The van der Waals surface area contributed by atoms with Crippen LogP contribution in [-0.2, 0) is 19.3 Å². The van der Waals surface area contributed by atoms with Gasteiger partial charge in [0.25, 0.3) is 0 Å². The Kier molecular flexibility index (Phi) is 5.07. The summed E-state index contributed by atoms with van der Waals surface area (Å²) in [7, 11) is -3.11.